The molecule has 42 heavy (non-hydrogen) atoms. The third-order valence-electron chi connectivity index (χ3n) is 6.21. The Morgan fingerprint density at radius 1 is 1.02 bits per heavy atom. The number of thiazole rings is 1. The fourth-order valence-corrected chi connectivity index (χ4v) is 5.20. The van der Waals surface area contributed by atoms with Crippen molar-refractivity contribution in [2.45, 2.75) is 13.5 Å². The summed E-state index contributed by atoms with van der Waals surface area (Å²) in [6, 6.07) is 26.4. The summed E-state index contributed by atoms with van der Waals surface area (Å²) in [5.74, 6) is 0.823. The molecule has 10 heteroatoms. The number of nitrogens with one attached hydrogen (secondary N) is 2. The standard InChI is InChI=1S/C32H26BrClN4O3S/c1-20-3-5-21(6-4-20)18-41-30-16-27(33)24(15-29(30)40-2)17-35-38-31(39)23-9-7-22(8-10-23)28-19-42-32(37-28)36-26-13-11-25(34)12-14-26/h3-17,19H,18H2,1-2H3,(H,36,37)(H,38,39)/b35-17-. The van der Waals surface area contributed by atoms with E-state index in [9.17, 15) is 4.79 Å². The van der Waals surface area contributed by atoms with E-state index < -0.39 is 0 Å². The number of hydrogen-bond donors (Lipinski definition) is 2. The van der Waals surface area contributed by atoms with E-state index in [1.54, 1.807) is 31.5 Å². The monoisotopic (exact) mass is 660 g/mol. The molecule has 4 aromatic carbocycles. The Morgan fingerprint density at radius 3 is 2.48 bits per heavy atom. The number of aromatic nitrogens is 1. The lowest BCUT2D eigenvalue weighted by atomic mass is 10.1. The zero-order chi connectivity index (χ0) is 29.5. The summed E-state index contributed by atoms with van der Waals surface area (Å²) < 4.78 is 12.3. The van der Waals surface area contributed by atoms with Crippen molar-refractivity contribution in [3.63, 3.8) is 0 Å². The van der Waals surface area contributed by atoms with Crippen LogP contribution in [-0.2, 0) is 6.61 Å². The first-order valence-electron chi connectivity index (χ1n) is 12.9. The maximum atomic E-state index is 12.7. The average Bonchev–Trinajstić information content (AvgIpc) is 3.47. The van der Waals surface area contributed by atoms with Gasteiger partial charge in [-0.2, -0.15) is 5.10 Å². The summed E-state index contributed by atoms with van der Waals surface area (Å²) in [5, 5.41) is 10.8. The minimum atomic E-state index is -0.331. The molecule has 1 heterocycles. The number of hydrogen-bond acceptors (Lipinski definition) is 7. The van der Waals surface area contributed by atoms with Crippen LogP contribution in [0.4, 0.5) is 10.8 Å². The molecule has 0 saturated heterocycles. The molecule has 0 aliphatic rings. The first kappa shape index (κ1) is 29.3. The van der Waals surface area contributed by atoms with Crippen molar-refractivity contribution >= 4 is 61.8 Å². The molecule has 5 rings (SSSR count). The van der Waals surface area contributed by atoms with Crippen LogP contribution in [-0.4, -0.2) is 24.2 Å². The van der Waals surface area contributed by atoms with Gasteiger partial charge in [0.2, 0.25) is 0 Å². The van der Waals surface area contributed by atoms with Crippen LogP contribution >= 0.6 is 38.9 Å². The number of amides is 1. The predicted octanol–water partition coefficient (Wildman–Crippen LogP) is 8.63. The van der Waals surface area contributed by atoms with Crippen LogP contribution < -0.4 is 20.2 Å². The van der Waals surface area contributed by atoms with Crippen molar-refractivity contribution in [2.24, 2.45) is 5.10 Å². The van der Waals surface area contributed by atoms with Gasteiger partial charge in [0, 0.05) is 37.3 Å². The Bertz CT molecular complexity index is 1710. The van der Waals surface area contributed by atoms with E-state index in [0.717, 1.165) is 37.7 Å². The van der Waals surface area contributed by atoms with Gasteiger partial charge < -0.3 is 14.8 Å². The van der Waals surface area contributed by atoms with Gasteiger partial charge in [0.05, 0.1) is 19.0 Å². The third-order valence-corrected chi connectivity index (χ3v) is 7.91. The average molecular weight is 662 g/mol. The van der Waals surface area contributed by atoms with E-state index in [-0.39, 0.29) is 5.91 Å². The fraction of sp³-hybridized carbons (Fsp3) is 0.0938. The predicted molar refractivity (Wildman–Crippen MR) is 174 cm³/mol. The molecule has 5 aromatic rings. The van der Waals surface area contributed by atoms with Gasteiger partial charge in [-0.15, -0.1) is 11.3 Å². The zero-order valence-corrected chi connectivity index (χ0v) is 25.9. The van der Waals surface area contributed by atoms with E-state index in [1.165, 1.54) is 16.9 Å². The second-order valence-electron chi connectivity index (χ2n) is 9.25. The molecule has 0 atom stereocenters. The molecule has 1 aromatic heterocycles. The van der Waals surface area contributed by atoms with Crippen LogP contribution in [0.15, 0.2) is 99.9 Å². The number of ether oxygens (including phenoxy) is 2. The van der Waals surface area contributed by atoms with Crippen LogP contribution in [0.5, 0.6) is 11.5 Å². The highest BCUT2D eigenvalue weighted by Gasteiger charge is 2.11. The Labute approximate surface area is 261 Å². The van der Waals surface area contributed by atoms with E-state index in [2.05, 4.69) is 36.8 Å². The van der Waals surface area contributed by atoms with E-state index in [1.807, 2.05) is 79.0 Å². The molecule has 0 fully saturated rings. The van der Waals surface area contributed by atoms with E-state index in [0.29, 0.717) is 28.7 Å². The maximum Gasteiger partial charge on any atom is 0.271 e. The fourth-order valence-electron chi connectivity index (χ4n) is 3.91. The van der Waals surface area contributed by atoms with Crippen LogP contribution in [0.2, 0.25) is 5.02 Å². The van der Waals surface area contributed by atoms with Crippen molar-refractivity contribution in [1.29, 1.82) is 0 Å². The van der Waals surface area contributed by atoms with Gasteiger partial charge in [0.1, 0.15) is 6.61 Å². The molecular formula is C32H26BrClN4O3S. The third kappa shape index (κ3) is 7.55. The SMILES string of the molecule is COc1cc(/C=N\NC(=O)c2ccc(-c3csc(Nc4ccc(Cl)cc4)n3)cc2)c(Br)cc1OCc1ccc(C)cc1. The first-order valence-corrected chi connectivity index (χ1v) is 14.9. The summed E-state index contributed by atoms with van der Waals surface area (Å²) in [6.45, 7) is 2.46. The van der Waals surface area contributed by atoms with Gasteiger partial charge in [0.25, 0.3) is 5.91 Å². The number of nitrogens with zero attached hydrogens (tertiary/aromatic N) is 2. The summed E-state index contributed by atoms with van der Waals surface area (Å²) in [4.78, 5) is 17.3. The molecule has 2 N–H and O–H groups in total. The second kappa shape index (κ2) is 13.7. The van der Waals surface area contributed by atoms with Gasteiger partial charge >= 0.3 is 0 Å². The minimum Gasteiger partial charge on any atom is -0.493 e. The number of carbonyl (C=O) groups excluding carboxylic acids is 1. The number of halogens is 2. The molecule has 0 saturated carbocycles. The number of anilines is 2. The van der Waals surface area contributed by atoms with Gasteiger partial charge in [-0.05, 0) is 76.9 Å². The number of aryl methyl sites for hydroxylation is 1. The molecule has 0 unspecified atom stereocenters. The lowest BCUT2D eigenvalue weighted by Gasteiger charge is -2.13. The van der Waals surface area contributed by atoms with Crippen LogP contribution in [0.1, 0.15) is 27.0 Å². The highest BCUT2D eigenvalue weighted by molar-refractivity contribution is 9.10. The Morgan fingerprint density at radius 2 is 1.76 bits per heavy atom. The molecule has 1 amide bonds. The number of benzene rings is 4. The van der Waals surface area contributed by atoms with Crippen LogP contribution in [0.25, 0.3) is 11.3 Å². The van der Waals surface area contributed by atoms with Crippen molar-refractivity contribution in [3.05, 3.63) is 122 Å². The quantitative estimate of drug-likeness (QED) is 0.116. The number of rotatable bonds is 10. The summed E-state index contributed by atoms with van der Waals surface area (Å²) in [5.41, 5.74) is 8.64. The summed E-state index contributed by atoms with van der Waals surface area (Å²) >= 11 is 11.0. The molecule has 0 radical (unpaired) electrons. The van der Waals surface area contributed by atoms with Gasteiger partial charge in [-0.25, -0.2) is 10.4 Å². The molecule has 0 spiro atoms. The highest BCUT2D eigenvalue weighted by atomic mass is 79.9. The van der Waals surface area contributed by atoms with Crippen molar-refractivity contribution in [1.82, 2.24) is 10.4 Å². The summed E-state index contributed by atoms with van der Waals surface area (Å²) in [6.07, 6.45) is 1.55. The van der Waals surface area contributed by atoms with Crippen molar-refractivity contribution in [3.8, 4) is 22.8 Å². The van der Waals surface area contributed by atoms with Crippen LogP contribution in [0.3, 0.4) is 0 Å². The smallest absolute Gasteiger partial charge is 0.271 e. The maximum absolute atomic E-state index is 12.7. The number of hydrazone groups is 1. The molecule has 7 nitrogen and oxygen atoms in total. The molecule has 0 aliphatic carbocycles. The van der Waals surface area contributed by atoms with Gasteiger partial charge in [-0.3, -0.25) is 4.79 Å². The lowest BCUT2D eigenvalue weighted by molar-refractivity contribution is 0.0955. The topological polar surface area (TPSA) is 84.8 Å². The van der Waals surface area contributed by atoms with Gasteiger partial charge in [-0.1, -0.05) is 53.6 Å². The van der Waals surface area contributed by atoms with Crippen molar-refractivity contribution in [2.75, 3.05) is 12.4 Å². The summed E-state index contributed by atoms with van der Waals surface area (Å²) in [7, 11) is 1.58. The normalized spacial score (nSPS) is 11.0. The first-order chi connectivity index (χ1) is 20.4. The largest absolute Gasteiger partial charge is 0.493 e. The lowest BCUT2D eigenvalue weighted by Crippen LogP contribution is -2.17. The zero-order valence-electron chi connectivity index (χ0n) is 22.7. The number of carbonyl (C=O) groups is 1. The Balaban J connectivity index is 1.18. The Hall–Kier alpha value is -4.18. The Kier molecular flexibility index (Phi) is 9.53. The second-order valence-corrected chi connectivity index (χ2v) is 11.4. The van der Waals surface area contributed by atoms with E-state index in [4.69, 9.17) is 21.1 Å². The van der Waals surface area contributed by atoms with Gasteiger partial charge in [0.15, 0.2) is 16.6 Å². The van der Waals surface area contributed by atoms with Crippen molar-refractivity contribution < 1.29 is 14.3 Å². The minimum absolute atomic E-state index is 0.331. The molecule has 0 bridgehead atoms. The van der Waals surface area contributed by atoms with Crippen LogP contribution in [0, 0.1) is 6.92 Å². The number of methoxy groups -OCH3 is 1. The highest BCUT2D eigenvalue weighted by Crippen LogP contribution is 2.33. The van der Waals surface area contributed by atoms with E-state index >= 15 is 0 Å². The molecular weight excluding hydrogens is 636 g/mol. The molecule has 212 valence electrons. The molecule has 0 aliphatic heterocycles.